The molecule has 112 valence electrons. The van der Waals surface area contributed by atoms with Gasteiger partial charge in [-0.25, -0.2) is 4.99 Å². The average molecular weight is 286 g/mol. The molecule has 0 fully saturated rings. The Labute approximate surface area is 125 Å². The zero-order chi connectivity index (χ0) is 15.5. The zero-order valence-electron chi connectivity index (χ0n) is 12.8. The van der Waals surface area contributed by atoms with E-state index in [0.29, 0.717) is 13.0 Å². The highest BCUT2D eigenvalue weighted by atomic mass is 16.3. The van der Waals surface area contributed by atoms with Crippen molar-refractivity contribution in [3.05, 3.63) is 47.9 Å². The molecular weight excluding hydrogens is 264 g/mol. The Balaban J connectivity index is 2.27. The molecule has 0 spiro atoms. The number of hydrogen-bond donors (Lipinski definition) is 1. The first-order valence-corrected chi connectivity index (χ1v) is 7.13. The molecule has 2 rings (SSSR count). The number of carbonyl (C=O) groups is 1. The molecule has 1 unspecified atom stereocenters. The van der Waals surface area contributed by atoms with Gasteiger partial charge in [-0.3, -0.25) is 4.79 Å². The normalized spacial score (nSPS) is 19.4. The van der Waals surface area contributed by atoms with Crippen LogP contribution in [-0.4, -0.2) is 28.2 Å². The van der Waals surface area contributed by atoms with Gasteiger partial charge in [-0.15, -0.1) is 0 Å². The highest BCUT2D eigenvalue weighted by Gasteiger charge is 2.30. The average Bonchev–Trinajstić information content (AvgIpc) is 2.52. The summed E-state index contributed by atoms with van der Waals surface area (Å²) >= 11 is 0. The van der Waals surface area contributed by atoms with E-state index in [-0.39, 0.29) is 23.1 Å². The maximum atomic E-state index is 12.3. The molecule has 4 nitrogen and oxygen atoms in total. The molecule has 1 aromatic rings. The fourth-order valence-electron chi connectivity index (χ4n) is 2.39. The molecule has 0 aromatic heterocycles. The standard InChI is InChI=1S/C17H22N2O2/c1-17(2,3)9-15-16(21)18-10-14(20)12-19(15)11-13-7-5-4-6-8-13/h4-8,10,12,15,20H,9,11H2,1-3H3. The van der Waals surface area contributed by atoms with Crippen LogP contribution in [0.2, 0.25) is 0 Å². The number of aliphatic hydroxyl groups is 1. The fourth-order valence-corrected chi connectivity index (χ4v) is 2.39. The number of rotatable bonds is 3. The molecule has 1 aliphatic rings. The number of aliphatic hydroxyl groups excluding tert-OH is 1. The molecule has 4 heteroatoms. The van der Waals surface area contributed by atoms with Crippen molar-refractivity contribution >= 4 is 12.1 Å². The summed E-state index contributed by atoms with van der Waals surface area (Å²) in [4.78, 5) is 18.0. The van der Waals surface area contributed by atoms with Crippen LogP contribution in [-0.2, 0) is 11.3 Å². The lowest BCUT2D eigenvalue weighted by molar-refractivity contribution is -0.123. The summed E-state index contributed by atoms with van der Waals surface area (Å²) in [6, 6.07) is 9.55. The third-order valence-corrected chi connectivity index (χ3v) is 3.32. The Morgan fingerprint density at radius 3 is 2.52 bits per heavy atom. The van der Waals surface area contributed by atoms with Crippen molar-refractivity contribution in [1.82, 2.24) is 4.90 Å². The van der Waals surface area contributed by atoms with Crippen LogP contribution < -0.4 is 0 Å². The van der Waals surface area contributed by atoms with Crippen LogP contribution in [0.25, 0.3) is 0 Å². The van der Waals surface area contributed by atoms with Crippen LogP contribution in [0.4, 0.5) is 0 Å². The van der Waals surface area contributed by atoms with E-state index in [2.05, 4.69) is 25.8 Å². The number of carbonyl (C=O) groups excluding carboxylic acids is 1. The molecular formula is C17H22N2O2. The number of benzene rings is 1. The lowest BCUT2D eigenvalue weighted by atomic mass is 9.87. The van der Waals surface area contributed by atoms with Gasteiger partial charge >= 0.3 is 0 Å². The Hall–Kier alpha value is -2.10. The second-order valence-corrected chi connectivity index (χ2v) is 6.59. The Morgan fingerprint density at radius 1 is 1.24 bits per heavy atom. The second-order valence-electron chi connectivity index (χ2n) is 6.59. The molecule has 1 amide bonds. The van der Waals surface area contributed by atoms with Crippen LogP contribution in [0.15, 0.2) is 47.3 Å². The minimum absolute atomic E-state index is 0.00141. The fraction of sp³-hybridized carbons (Fsp3) is 0.412. The van der Waals surface area contributed by atoms with E-state index in [4.69, 9.17) is 0 Å². The molecule has 1 N–H and O–H groups in total. The first kappa shape index (κ1) is 15.3. The molecule has 0 radical (unpaired) electrons. The van der Waals surface area contributed by atoms with E-state index in [1.54, 1.807) is 6.20 Å². The van der Waals surface area contributed by atoms with Crippen molar-refractivity contribution in [2.75, 3.05) is 0 Å². The molecule has 1 atom stereocenters. The zero-order valence-corrected chi connectivity index (χ0v) is 12.8. The topological polar surface area (TPSA) is 52.9 Å². The van der Waals surface area contributed by atoms with E-state index >= 15 is 0 Å². The van der Waals surface area contributed by atoms with Crippen molar-refractivity contribution in [1.29, 1.82) is 0 Å². The molecule has 1 aliphatic heterocycles. The van der Waals surface area contributed by atoms with Gasteiger partial charge in [0.1, 0.15) is 11.8 Å². The summed E-state index contributed by atoms with van der Waals surface area (Å²) in [6.45, 7) is 6.86. The van der Waals surface area contributed by atoms with Gasteiger partial charge in [0.25, 0.3) is 5.91 Å². The lowest BCUT2D eigenvalue weighted by Gasteiger charge is -2.32. The summed E-state index contributed by atoms with van der Waals surface area (Å²) < 4.78 is 0. The maximum Gasteiger partial charge on any atom is 0.268 e. The third kappa shape index (κ3) is 4.45. The van der Waals surface area contributed by atoms with Crippen molar-refractivity contribution < 1.29 is 9.90 Å². The number of allylic oxidation sites excluding steroid dienone is 1. The van der Waals surface area contributed by atoms with Crippen molar-refractivity contribution in [3.8, 4) is 0 Å². The van der Waals surface area contributed by atoms with E-state index in [0.717, 1.165) is 5.56 Å². The Kier molecular flexibility index (Phi) is 4.46. The van der Waals surface area contributed by atoms with E-state index in [9.17, 15) is 9.90 Å². The van der Waals surface area contributed by atoms with E-state index in [1.807, 2.05) is 35.2 Å². The molecule has 0 saturated heterocycles. The number of nitrogens with zero attached hydrogens (tertiary/aromatic N) is 2. The van der Waals surface area contributed by atoms with Gasteiger partial charge in [-0.05, 0) is 17.4 Å². The van der Waals surface area contributed by atoms with E-state index < -0.39 is 0 Å². The van der Waals surface area contributed by atoms with Gasteiger partial charge in [-0.1, -0.05) is 51.1 Å². The quantitative estimate of drug-likeness (QED) is 0.927. The summed E-state index contributed by atoms with van der Waals surface area (Å²) in [5, 5.41) is 9.79. The van der Waals surface area contributed by atoms with Crippen molar-refractivity contribution in [2.24, 2.45) is 10.4 Å². The van der Waals surface area contributed by atoms with Crippen LogP contribution in [0.1, 0.15) is 32.8 Å². The predicted octanol–water partition coefficient (Wildman–Crippen LogP) is 3.30. The molecule has 1 heterocycles. The first-order chi connectivity index (χ1) is 9.85. The van der Waals surface area contributed by atoms with E-state index in [1.165, 1.54) is 6.21 Å². The maximum absolute atomic E-state index is 12.3. The molecule has 0 bridgehead atoms. The minimum Gasteiger partial charge on any atom is -0.505 e. The highest BCUT2D eigenvalue weighted by Crippen LogP contribution is 2.26. The number of hydrogen-bond acceptors (Lipinski definition) is 3. The van der Waals surface area contributed by atoms with Gasteiger partial charge in [0.2, 0.25) is 0 Å². The SMILES string of the molecule is CC(C)(C)CC1C(=O)N=CC(O)=CN1Cc1ccccc1. The number of amides is 1. The van der Waals surface area contributed by atoms with Crippen molar-refractivity contribution in [2.45, 2.75) is 39.8 Å². The van der Waals surface area contributed by atoms with Crippen molar-refractivity contribution in [3.63, 3.8) is 0 Å². The number of aliphatic imine (C=N–C) groups is 1. The van der Waals surface area contributed by atoms with Crippen LogP contribution in [0.3, 0.4) is 0 Å². The van der Waals surface area contributed by atoms with Gasteiger partial charge in [0.05, 0.1) is 6.21 Å². The summed E-state index contributed by atoms with van der Waals surface area (Å²) in [6.07, 6.45) is 3.51. The summed E-state index contributed by atoms with van der Waals surface area (Å²) in [5.41, 5.74) is 1.09. The highest BCUT2D eigenvalue weighted by molar-refractivity contribution is 5.94. The molecule has 0 saturated carbocycles. The van der Waals surface area contributed by atoms with Crippen LogP contribution in [0, 0.1) is 5.41 Å². The first-order valence-electron chi connectivity index (χ1n) is 7.13. The van der Waals surface area contributed by atoms with Gasteiger partial charge in [-0.2, -0.15) is 0 Å². The van der Waals surface area contributed by atoms with Gasteiger partial charge in [0.15, 0.2) is 0 Å². The molecule has 21 heavy (non-hydrogen) atoms. The van der Waals surface area contributed by atoms with Crippen LogP contribution >= 0.6 is 0 Å². The summed E-state index contributed by atoms with van der Waals surface area (Å²) in [7, 11) is 0. The smallest absolute Gasteiger partial charge is 0.268 e. The molecule has 1 aromatic carbocycles. The Bertz CT molecular complexity index is 556. The van der Waals surface area contributed by atoms with Gasteiger partial charge in [0, 0.05) is 12.7 Å². The largest absolute Gasteiger partial charge is 0.505 e. The monoisotopic (exact) mass is 286 g/mol. The molecule has 0 aliphatic carbocycles. The second kappa shape index (κ2) is 6.12. The lowest BCUT2D eigenvalue weighted by Crippen LogP contribution is -2.39. The summed E-state index contributed by atoms with van der Waals surface area (Å²) in [5.74, 6) is -0.197. The Morgan fingerprint density at radius 2 is 1.90 bits per heavy atom. The minimum atomic E-state index is -0.355. The van der Waals surface area contributed by atoms with Gasteiger partial charge < -0.3 is 10.0 Å². The van der Waals surface area contributed by atoms with Crippen LogP contribution in [0.5, 0.6) is 0 Å². The third-order valence-electron chi connectivity index (χ3n) is 3.32. The predicted molar refractivity (Wildman–Crippen MR) is 84.1 cm³/mol.